The zero-order valence-electron chi connectivity index (χ0n) is 21.3. The highest BCUT2D eigenvalue weighted by Gasteiger charge is 2.41. The van der Waals surface area contributed by atoms with Crippen LogP contribution >= 0.6 is 0 Å². The molecular weight excluding hydrogens is 502 g/mol. The second kappa shape index (κ2) is 9.77. The van der Waals surface area contributed by atoms with Crippen LogP contribution in [0.5, 0.6) is 5.75 Å². The maximum absolute atomic E-state index is 13.8. The highest BCUT2D eigenvalue weighted by atomic mass is 16.5. The van der Waals surface area contributed by atoms with Crippen LogP contribution in [0.1, 0.15) is 25.3 Å². The van der Waals surface area contributed by atoms with E-state index in [-0.39, 0.29) is 11.9 Å². The van der Waals surface area contributed by atoms with Gasteiger partial charge in [-0.2, -0.15) is 10.2 Å². The number of amides is 1. The van der Waals surface area contributed by atoms with Crippen molar-refractivity contribution in [3.8, 4) is 11.8 Å². The molecule has 2 aromatic heterocycles. The van der Waals surface area contributed by atoms with E-state index in [0.717, 1.165) is 12.8 Å². The van der Waals surface area contributed by atoms with Gasteiger partial charge in [-0.25, -0.2) is 9.78 Å². The number of nitriles is 1. The molecule has 0 spiro atoms. The molecule has 2 aromatic carbocycles. The Balaban J connectivity index is 1.44. The SMILES string of the molecule is COc1ccc(N2C(=O)[C@@H](C)N(C3CCOCC3)c3nc(Nc4ccc5[nH]c(=O)oc5c4)ncc32)cc1C#N. The van der Waals surface area contributed by atoms with Crippen molar-refractivity contribution < 1.29 is 18.7 Å². The van der Waals surface area contributed by atoms with Crippen molar-refractivity contribution in [2.45, 2.75) is 31.8 Å². The molecule has 1 saturated heterocycles. The summed E-state index contributed by atoms with van der Waals surface area (Å²) in [6, 6.07) is 11.9. The minimum absolute atomic E-state index is 0.0531. The Morgan fingerprint density at radius 3 is 2.77 bits per heavy atom. The Labute approximate surface area is 222 Å². The van der Waals surface area contributed by atoms with Crippen molar-refractivity contribution in [1.29, 1.82) is 5.26 Å². The number of anilines is 5. The first kappa shape index (κ1) is 24.4. The number of aromatic nitrogens is 3. The van der Waals surface area contributed by atoms with Crippen LogP contribution in [-0.4, -0.2) is 53.3 Å². The molecule has 0 unspecified atom stereocenters. The number of hydrogen-bond donors (Lipinski definition) is 2. The lowest BCUT2D eigenvalue weighted by atomic mass is 10.0. The predicted molar refractivity (Wildman–Crippen MR) is 143 cm³/mol. The van der Waals surface area contributed by atoms with Gasteiger partial charge in [0.05, 0.1) is 30.1 Å². The van der Waals surface area contributed by atoms with E-state index in [0.29, 0.717) is 64.5 Å². The summed E-state index contributed by atoms with van der Waals surface area (Å²) in [5, 5.41) is 12.8. The summed E-state index contributed by atoms with van der Waals surface area (Å²) in [7, 11) is 1.49. The van der Waals surface area contributed by atoms with E-state index >= 15 is 0 Å². The molecule has 1 fully saturated rings. The number of carbonyl (C=O) groups is 1. The topological polar surface area (TPSA) is 150 Å². The number of nitrogens with one attached hydrogen (secondary N) is 2. The molecular formula is C27H25N7O5. The molecule has 0 bridgehead atoms. The van der Waals surface area contributed by atoms with E-state index in [1.165, 1.54) is 7.11 Å². The second-order valence-corrected chi connectivity index (χ2v) is 9.35. The Hall–Kier alpha value is -4.89. The van der Waals surface area contributed by atoms with Crippen LogP contribution in [0.25, 0.3) is 11.1 Å². The summed E-state index contributed by atoms with van der Waals surface area (Å²) in [5.74, 6) is 0.650. The van der Waals surface area contributed by atoms with Crippen molar-refractivity contribution in [2.24, 2.45) is 0 Å². The molecule has 2 aliphatic rings. The Morgan fingerprint density at radius 1 is 1.18 bits per heavy atom. The van der Waals surface area contributed by atoms with Crippen LogP contribution in [0.15, 0.2) is 51.8 Å². The summed E-state index contributed by atoms with van der Waals surface area (Å²) < 4.78 is 16.0. The van der Waals surface area contributed by atoms with E-state index in [4.69, 9.17) is 18.9 Å². The number of hydrogen-bond acceptors (Lipinski definition) is 10. The lowest BCUT2D eigenvalue weighted by molar-refractivity contribution is -0.119. The summed E-state index contributed by atoms with van der Waals surface area (Å²) in [4.78, 5) is 41.0. The van der Waals surface area contributed by atoms with Gasteiger partial charge >= 0.3 is 5.76 Å². The maximum atomic E-state index is 13.8. The normalized spacial score (nSPS) is 17.7. The van der Waals surface area contributed by atoms with Crippen LogP contribution in [0.3, 0.4) is 0 Å². The maximum Gasteiger partial charge on any atom is 0.417 e. The van der Waals surface area contributed by atoms with Gasteiger partial charge in [-0.05, 0) is 50.1 Å². The van der Waals surface area contributed by atoms with Crippen molar-refractivity contribution in [3.05, 3.63) is 58.7 Å². The number of methoxy groups -OCH3 is 1. The summed E-state index contributed by atoms with van der Waals surface area (Å²) in [5.41, 5.74) is 2.97. The van der Waals surface area contributed by atoms with Gasteiger partial charge in [0.2, 0.25) is 5.95 Å². The third kappa shape index (κ3) is 4.32. The quantitative estimate of drug-likeness (QED) is 0.394. The third-order valence-electron chi connectivity index (χ3n) is 7.05. The summed E-state index contributed by atoms with van der Waals surface area (Å²) in [6.07, 6.45) is 3.12. The lowest BCUT2D eigenvalue weighted by Crippen LogP contribution is -2.56. The number of oxazole rings is 1. The van der Waals surface area contributed by atoms with E-state index in [1.54, 1.807) is 47.5 Å². The summed E-state index contributed by atoms with van der Waals surface area (Å²) >= 11 is 0. The highest BCUT2D eigenvalue weighted by molar-refractivity contribution is 6.10. The van der Waals surface area contributed by atoms with Gasteiger partial charge in [0, 0.05) is 31.0 Å². The lowest BCUT2D eigenvalue weighted by Gasteiger charge is -2.45. The first-order valence-corrected chi connectivity index (χ1v) is 12.5. The molecule has 12 heteroatoms. The van der Waals surface area contributed by atoms with Gasteiger partial charge in [0.25, 0.3) is 5.91 Å². The van der Waals surface area contributed by atoms with Crippen molar-refractivity contribution in [2.75, 3.05) is 35.4 Å². The standard InChI is InChI=1S/C27H25N7O5/c1-15-25(35)34(19-4-6-22(37-2)16(11-19)13-28)21-14-29-26(32-24(21)33(15)18-7-9-38-10-8-18)30-17-3-5-20-23(12-17)39-27(36)31-20/h3-6,11-12,14-15,18H,7-10H2,1-2H3,(H,31,36)(H,29,30,32)/t15-/m1/s1. The van der Waals surface area contributed by atoms with E-state index in [1.807, 2.05) is 11.8 Å². The van der Waals surface area contributed by atoms with Crippen LogP contribution in [0, 0.1) is 11.3 Å². The van der Waals surface area contributed by atoms with Gasteiger partial charge < -0.3 is 24.1 Å². The zero-order chi connectivity index (χ0) is 27.1. The molecule has 2 N–H and O–H groups in total. The largest absolute Gasteiger partial charge is 0.495 e. The minimum atomic E-state index is -0.531. The molecule has 1 atom stereocenters. The Bertz CT molecular complexity index is 1670. The minimum Gasteiger partial charge on any atom is -0.495 e. The Morgan fingerprint density at radius 2 is 2.00 bits per heavy atom. The first-order chi connectivity index (χ1) is 19.0. The van der Waals surface area contributed by atoms with Gasteiger partial charge in [-0.1, -0.05) is 0 Å². The molecule has 0 aliphatic carbocycles. The third-order valence-corrected chi connectivity index (χ3v) is 7.05. The molecule has 2 aliphatic heterocycles. The van der Waals surface area contributed by atoms with Crippen LogP contribution in [0.4, 0.5) is 28.8 Å². The van der Waals surface area contributed by atoms with Gasteiger partial charge in [0.1, 0.15) is 23.5 Å². The van der Waals surface area contributed by atoms with Crippen molar-refractivity contribution in [3.63, 3.8) is 0 Å². The van der Waals surface area contributed by atoms with E-state index in [9.17, 15) is 14.9 Å². The molecule has 6 rings (SSSR count). The number of ether oxygens (including phenoxy) is 2. The second-order valence-electron chi connectivity index (χ2n) is 9.35. The predicted octanol–water partition coefficient (Wildman–Crippen LogP) is 3.59. The van der Waals surface area contributed by atoms with Crippen LogP contribution in [-0.2, 0) is 9.53 Å². The van der Waals surface area contributed by atoms with Crippen molar-refractivity contribution >= 4 is 45.8 Å². The number of nitrogens with zero attached hydrogens (tertiary/aromatic N) is 5. The fourth-order valence-electron chi connectivity index (χ4n) is 5.18. The van der Waals surface area contributed by atoms with E-state index in [2.05, 4.69) is 21.4 Å². The number of rotatable bonds is 5. The van der Waals surface area contributed by atoms with Gasteiger partial charge in [-0.15, -0.1) is 0 Å². The molecule has 1 amide bonds. The number of benzene rings is 2. The number of carbonyl (C=O) groups excluding carboxylic acids is 1. The number of H-pyrrole nitrogens is 1. The zero-order valence-corrected chi connectivity index (χ0v) is 21.3. The van der Waals surface area contributed by atoms with Crippen LogP contribution < -0.4 is 25.6 Å². The van der Waals surface area contributed by atoms with Crippen molar-refractivity contribution in [1.82, 2.24) is 15.0 Å². The molecule has 0 saturated carbocycles. The smallest absolute Gasteiger partial charge is 0.417 e. The van der Waals surface area contributed by atoms with Crippen LogP contribution in [0.2, 0.25) is 0 Å². The van der Waals surface area contributed by atoms with Gasteiger partial charge in [0.15, 0.2) is 11.4 Å². The molecule has 12 nitrogen and oxygen atoms in total. The molecule has 39 heavy (non-hydrogen) atoms. The average Bonchev–Trinajstić information content (AvgIpc) is 3.33. The van der Waals surface area contributed by atoms with Gasteiger partial charge in [-0.3, -0.25) is 14.7 Å². The number of fused-ring (bicyclic) bond motifs is 2. The number of aromatic amines is 1. The fraction of sp³-hybridized carbons (Fsp3) is 0.296. The monoisotopic (exact) mass is 527 g/mol. The molecule has 4 heterocycles. The average molecular weight is 528 g/mol. The Kier molecular flexibility index (Phi) is 6.12. The summed E-state index contributed by atoms with van der Waals surface area (Å²) in [6.45, 7) is 3.06. The highest BCUT2D eigenvalue weighted by Crippen LogP contribution is 2.42. The molecule has 0 radical (unpaired) electrons. The fourth-order valence-corrected chi connectivity index (χ4v) is 5.18. The van der Waals surface area contributed by atoms with E-state index < -0.39 is 11.8 Å². The molecule has 198 valence electrons. The molecule has 4 aromatic rings. The first-order valence-electron chi connectivity index (χ1n) is 12.5.